The number of H-pyrrole nitrogens is 1. The molecular formula is C21H29N3O5S. The molecular weight excluding hydrogens is 406 g/mol. The van der Waals surface area contributed by atoms with Crippen LogP contribution in [0.15, 0.2) is 23.1 Å². The number of carbonyl (C=O) groups is 1. The number of aryl methyl sites for hydroxylation is 1. The van der Waals surface area contributed by atoms with Gasteiger partial charge in [0.15, 0.2) is 11.5 Å². The Morgan fingerprint density at radius 1 is 1.03 bits per heavy atom. The monoisotopic (exact) mass is 435 g/mol. The number of amides is 1. The highest BCUT2D eigenvalue weighted by Crippen LogP contribution is 2.31. The molecule has 0 radical (unpaired) electrons. The smallest absolute Gasteiger partial charge is 0.272 e. The van der Waals surface area contributed by atoms with Gasteiger partial charge < -0.3 is 19.8 Å². The van der Waals surface area contributed by atoms with Crippen LogP contribution in [0.2, 0.25) is 0 Å². The molecule has 30 heavy (non-hydrogen) atoms. The number of sulfonamides is 1. The summed E-state index contributed by atoms with van der Waals surface area (Å²) in [5.74, 6) is 0.618. The number of nitrogens with zero attached hydrogens (tertiary/aromatic N) is 1. The largest absolute Gasteiger partial charge is 0.493 e. The fourth-order valence-corrected chi connectivity index (χ4v) is 5.79. The summed E-state index contributed by atoms with van der Waals surface area (Å²) in [6.07, 6.45) is 3.79. The molecule has 0 unspecified atom stereocenters. The lowest BCUT2D eigenvalue weighted by Gasteiger charge is -2.20. The zero-order valence-electron chi connectivity index (χ0n) is 17.9. The summed E-state index contributed by atoms with van der Waals surface area (Å²) in [6.45, 7) is 4.38. The van der Waals surface area contributed by atoms with Crippen molar-refractivity contribution in [3.8, 4) is 11.5 Å². The Hall–Kier alpha value is -2.52. The predicted molar refractivity (Wildman–Crippen MR) is 115 cm³/mol. The molecule has 2 N–H and O–H groups in total. The van der Waals surface area contributed by atoms with E-state index in [1.165, 1.54) is 14.2 Å². The molecule has 2 aromatic rings. The Balaban J connectivity index is 1.88. The number of anilines is 1. The van der Waals surface area contributed by atoms with E-state index in [0.29, 0.717) is 41.5 Å². The van der Waals surface area contributed by atoms with Crippen LogP contribution in [0.5, 0.6) is 11.5 Å². The van der Waals surface area contributed by atoms with E-state index in [1.54, 1.807) is 36.4 Å². The maximum atomic E-state index is 13.3. The first-order valence-corrected chi connectivity index (χ1v) is 11.5. The highest BCUT2D eigenvalue weighted by molar-refractivity contribution is 7.89. The summed E-state index contributed by atoms with van der Waals surface area (Å²) in [4.78, 5) is 16.1. The van der Waals surface area contributed by atoms with Crippen LogP contribution in [-0.4, -0.2) is 50.9 Å². The number of benzene rings is 1. The highest BCUT2D eigenvalue weighted by Gasteiger charge is 2.32. The third-order valence-corrected chi connectivity index (χ3v) is 7.57. The molecule has 1 saturated heterocycles. The van der Waals surface area contributed by atoms with Crippen LogP contribution in [0.25, 0.3) is 0 Å². The number of hydrogen-bond acceptors (Lipinski definition) is 5. The molecule has 1 fully saturated rings. The number of aromatic nitrogens is 1. The molecule has 3 rings (SSSR count). The predicted octanol–water partition coefficient (Wildman–Crippen LogP) is 3.47. The minimum Gasteiger partial charge on any atom is -0.493 e. The standard InChI is InChI=1S/C21H29N3O5S/c1-14-19(21(25)23-16-9-10-17(28-3)18(13-16)29-4)22-15(2)20(14)30(26,27)24-11-7-5-6-8-12-24/h9-10,13,22H,5-8,11-12H2,1-4H3,(H,23,25). The van der Waals surface area contributed by atoms with Crippen LogP contribution < -0.4 is 14.8 Å². The number of aromatic amines is 1. The number of methoxy groups -OCH3 is 2. The fourth-order valence-electron chi connectivity index (χ4n) is 3.87. The minimum atomic E-state index is -3.67. The molecule has 8 nitrogen and oxygen atoms in total. The van der Waals surface area contributed by atoms with Gasteiger partial charge in [-0.2, -0.15) is 4.31 Å². The van der Waals surface area contributed by atoms with E-state index in [2.05, 4.69) is 10.3 Å². The Morgan fingerprint density at radius 3 is 2.27 bits per heavy atom. The van der Waals surface area contributed by atoms with Crippen molar-refractivity contribution in [2.45, 2.75) is 44.4 Å². The summed E-state index contributed by atoms with van der Waals surface area (Å²) < 4.78 is 38.6. The average molecular weight is 436 g/mol. The molecule has 0 spiro atoms. The summed E-state index contributed by atoms with van der Waals surface area (Å²) in [7, 11) is -0.615. The van der Waals surface area contributed by atoms with Crippen LogP contribution in [0.1, 0.15) is 47.4 Å². The Morgan fingerprint density at radius 2 is 1.67 bits per heavy atom. The van der Waals surface area contributed by atoms with Gasteiger partial charge >= 0.3 is 0 Å². The van der Waals surface area contributed by atoms with Gasteiger partial charge in [-0.25, -0.2) is 8.42 Å². The van der Waals surface area contributed by atoms with E-state index >= 15 is 0 Å². The molecule has 164 valence electrons. The average Bonchev–Trinajstić information content (AvgIpc) is 2.90. The van der Waals surface area contributed by atoms with Crippen LogP contribution >= 0.6 is 0 Å². The second-order valence-electron chi connectivity index (χ2n) is 7.42. The van der Waals surface area contributed by atoms with Gasteiger partial charge in [0.25, 0.3) is 5.91 Å². The number of nitrogens with one attached hydrogen (secondary N) is 2. The van der Waals surface area contributed by atoms with Gasteiger partial charge in [0.1, 0.15) is 10.6 Å². The summed E-state index contributed by atoms with van der Waals surface area (Å²) in [5.41, 5.74) is 1.64. The first-order chi connectivity index (χ1) is 14.3. The second-order valence-corrected chi connectivity index (χ2v) is 9.30. The Kier molecular flexibility index (Phi) is 6.72. The first kappa shape index (κ1) is 22.2. The summed E-state index contributed by atoms with van der Waals surface area (Å²) in [6, 6.07) is 5.03. The molecule has 0 bridgehead atoms. The third-order valence-electron chi connectivity index (χ3n) is 5.40. The summed E-state index contributed by atoms with van der Waals surface area (Å²) in [5, 5.41) is 2.79. The van der Waals surface area contributed by atoms with E-state index < -0.39 is 15.9 Å². The zero-order valence-corrected chi connectivity index (χ0v) is 18.7. The Labute approximate surface area is 177 Å². The van der Waals surface area contributed by atoms with Crippen molar-refractivity contribution < 1.29 is 22.7 Å². The van der Waals surface area contributed by atoms with Crippen LogP contribution in [0.4, 0.5) is 5.69 Å². The minimum absolute atomic E-state index is 0.196. The quantitative estimate of drug-likeness (QED) is 0.724. The van der Waals surface area contributed by atoms with Gasteiger partial charge in [-0.05, 0) is 44.4 Å². The van der Waals surface area contributed by atoms with Crippen molar-refractivity contribution in [1.82, 2.24) is 9.29 Å². The molecule has 2 heterocycles. The lowest BCUT2D eigenvalue weighted by atomic mass is 10.2. The molecule has 1 amide bonds. The zero-order chi connectivity index (χ0) is 21.9. The molecule has 1 aromatic heterocycles. The van der Waals surface area contributed by atoms with Crippen LogP contribution in [0.3, 0.4) is 0 Å². The molecule has 0 aliphatic carbocycles. The van der Waals surface area contributed by atoms with Gasteiger partial charge in [0.2, 0.25) is 10.0 Å². The van der Waals surface area contributed by atoms with E-state index in [9.17, 15) is 13.2 Å². The third kappa shape index (κ3) is 4.32. The van der Waals surface area contributed by atoms with Gasteiger partial charge in [-0.1, -0.05) is 12.8 Å². The number of hydrogen-bond donors (Lipinski definition) is 2. The maximum absolute atomic E-state index is 13.3. The molecule has 9 heteroatoms. The first-order valence-electron chi connectivity index (χ1n) is 10.0. The van der Waals surface area contributed by atoms with E-state index in [1.807, 2.05) is 0 Å². The van der Waals surface area contributed by atoms with Gasteiger partial charge in [0.05, 0.1) is 14.2 Å². The van der Waals surface area contributed by atoms with Crippen LogP contribution in [0, 0.1) is 13.8 Å². The van der Waals surface area contributed by atoms with Crippen molar-refractivity contribution >= 4 is 21.6 Å². The van der Waals surface area contributed by atoms with Crippen molar-refractivity contribution in [3.05, 3.63) is 35.2 Å². The normalized spacial score (nSPS) is 15.5. The molecule has 0 atom stereocenters. The summed E-state index contributed by atoms with van der Waals surface area (Å²) >= 11 is 0. The molecule has 1 aromatic carbocycles. The molecule has 1 aliphatic rings. The topological polar surface area (TPSA) is 101 Å². The molecule has 0 saturated carbocycles. The lowest BCUT2D eigenvalue weighted by molar-refractivity contribution is 0.102. The van der Waals surface area contributed by atoms with E-state index in [-0.39, 0.29) is 10.6 Å². The fraction of sp³-hybridized carbons (Fsp3) is 0.476. The van der Waals surface area contributed by atoms with E-state index in [4.69, 9.17) is 9.47 Å². The SMILES string of the molecule is COc1ccc(NC(=O)c2[nH]c(C)c(S(=O)(=O)N3CCCCCC3)c2C)cc1OC. The van der Waals surface area contributed by atoms with Gasteiger partial charge in [0, 0.05) is 30.5 Å². The highest BCUT2D eigenvalue weighted by atomic mass is 32.2. The van der Waals surface area contributed by atoms with Crippen molar-refractivity contribution in [2.24, 2.45) is 0 Å². The second kappa shape index (κ2) is 9.09. The number of carbonyl (C=O) groups excluding carboxylic acids is 1. The van der Waals surface area contributed by atoms with Crippen LogP contribution in [-0.2, 0) is 10.0 Å². The number of ether oxygens (including phenoxy) is 2. The van der Waals surface area contributed by atoms with Crippen molar-refractivity contribution in [3.63, 3.8) is 0 Å². The maximum Gasteiger partial charge on any atom is 0.272 e. The lowest BCUT2D eigenvalue weighted by Crippen LogP contribution is -2.32. The van der Waals surface area contributed by atoms with E-state index in [0.717, 1.165) is 25.7 Å². The van der Waals surface area contributed by atoms with Crippen molar-refractivity contribution in [2.75, 3.05) is 32.6 Å². The molecule has 1 aliphatic heterocycles. The van der Waals surface area contributed by atoms with Gasteiger partial charge in [-0.15, -0.1) is 0 Å². The Bertz CT molecular complexity index is 1020. The number of rotatable bonds is 6. The van der Waals surface area contributed by atoms with Gasteiger partial charge in [-0.3, -0.25) is 4.79 Å². The van der Waals surface area contributed by atoms with Crippen molar-refractivity contribution in [1.29, 1.82) is 0 Å².